The molecule has 2 atom stereocenters. The molecule has 0 aliphatic carbocycles. The zero-order chi connectivity index (χ0) is 22.6. The Labute approximate surface area is 183 Å². The molecular weight excluding hydrogens is 401 g/mol. The molecule has 3 nitrogen and oxygen atoms in total. The van der Waals surface area contributed by atoms with E-state index in [1.54, 1.807) is 7.11 Å². The van der Waals surface area contributed by atoms with Crippen molar-refractivity contribution in [3.05, 3.63) is 71.8 Å². The SMILES string of the molecule is C=CC[C@@H]1CN(CCN(C)C)c2cccc(C(F)(F)F)c2C[C@@H]1c1ccc(OC)cc1. The Morgan fingerprint density at radius 3 is 2.45 bits per heavy atom. The van der Waals surface area contributed by atoms with Crippen molar-refractivity contribution in [2.24, 2.45) is 5.92 Å². The van der Waals surface area contributed by atoms with Crippen LogP contribution in [0.3, 0.4) is 0 Å². The van der Waals surface area contributed by atoms with E-state index in [4.69, 9.17) is 4.74 Å². The van der Waals surface area contributed by atoms with Gasteiger partial charge in [0.25, 0.3) is 0 Å². The molecule has 0 aromatic heterocycles. The van der Waals surface area contributed by atoms with Crippen molar-refractivity contribution < 1.29 is 17.9 Å². The number of likely N-dealkylation sites (N-methyl/N-ethyl adjacent to an activating group) is 1. The molecule has 2 aromatic carbocycles. The molecule has 0 bridgehead atoms. The average molecular weight is 433 g/mol. The minimum atomic E-state index is -4.39. The fourth-order valence-corrected chi connectivity index (χ4v) is 4.47. The second-order valence-electron chi connectivity index (χ2n) is 8.42. The Balaban J connectivity index is 2.11. The smallest absolute Gasteiger partial charge is 0.416 e. The maximum Gasteiger partial charge on any atom is 0.416 e. The molecule has 1 aliphatic heterocycles. The number of alkyl halides is 3. The van der Waals surface area contributed by atoms with Crippen molar-refractivity contribution in [2.45, 2.75) is 24.9 Å². The van der Waals surface area contributed by atoms with E-state index in [-0.39, 0.29) is 11.8 Å². The van der Waals surface area contributed by atoms with Gasteiger partial charge in [-0.3, -0.25) is 0 Å². The molecule has 1 aliphatic rings. The molecule has 1 heterocycles. The van der Waals surface area contributed by atoms with Gasteiger partial charge in [0.05, 0.1) is 12.7 Å². The summed E-state index contributed by atoms with van der Waals surface area (Å²) in [4.78, 5) is 4.18. The van der Waals surface area contributed by atoms with Crippen LogP contribution in [0.1, 0.15) is 29.0 Å². The van der Waals surface area contributed by atoms with Gasteiger partial charge < -0.3 is 14.5 Å². The van der Waals surface area contributed by atoms with Crippen molar-refractivity contribution in [3.8, 4) is 5.75 Å². The van der Waals surface area contributed by atoms with Gasteiger partial charge in [0.1, 0.15) is 5.75 Å². The van der Waals surface area contributed by atoms with Crippen LogP contribution in [0.2, 0.25) is 0 Å². The quantitative estimate of drug-likeness (QED) is 0.529. The van der Waals surface area contributed by atoms with Gasteiger partial charge in [-0.05, 0) is 74.2 Å². The lowest BCUT2D eigenvalue weighted by molar-refractivity contribution is -0.138. The first kappa shape index (κ1) is 23.2. The van der Waals surface area contributed by atoms with Gasteiger partial charge in [0.15, 0.2) is 0 Å². The third-order valence-electron chi connectivity index (χ3n) is 6.08. The summed E-state index contributed by atoms with van der Waals surface area (Å²) in [6.45, 7) is 6.04. The standard InChI is InChI=1S/C25H31F3N2O/c1-5-7-19-17-30(15-14-29(2)3)24-9-6-8-23(25(26,27)28)22(24)16-21(19)18-10-12-20(31-4)13-11-18/h5-6,8-13,19,21H,1,7,14-17H2,2-4H3/t19-,21-/m1/s1. The molecular formula is C25H31F3N2O. The molecule has 31 heavy (non-hydrogen) atoms. The fourth-order valence-electron chi connectivity index (χ4n) is 4.47. The maximum absolute atomic E-state index is 14.0. The van der Waals surface area contributed by atoms with Gasteiger partial charge in [-0.15, -0.1) is 6.58 Å². The topological polar surface area (TPSA) is 15.7 Å². The second kappa shape index (κ2) is 9.77. The zero-order valence-electron chi connectivity index (χ0n) is 18.5. The minimum absolute atomic E-state index is 0.0458. The molecule has 0 fully saturated rings. The molecule has 0 radical (unpaired) electrons. The largest absolute Gasteiger partial charge is 0.497 e. The number of hydrogen-bond donors (Lipinski definition) is 0. The number of benzene rings is 2. The predicted molar refractivity (Wildman–Crippen MR) is 120 cm³/mol. The van der Waals surface area contributed by atoms with Crippen molar-refractivity contribution in [3.63, 3.8) is 0 Å². The molecule has 0 spiro atoms. The molecule has 0 unspecified atom stereocenters. The van der Waals surface area contributed by atoms with E-state index in [1.165, 1.54) is 12.1 Å². The number of hydrogen-bond acceptors (Lipinski definition) is 3. The normalized spacial score (nSPS) is 19.1. The first-order chi connectivity index (χ1) is 14.7. The van der Waals surface area contributed by atoms with Crippen LogP contribution in [0.4, 0.5) is 18.9 Å². The second-order valence-corrected chi connectivity index (χ2v) is 8.42. The Morgan fingerprint density at radius 1 is 1.16 bits per heavy atom. The first-order valence-electron chi connectivity index (χ1n) is 10.6. The summed E-state index contributed by atoms with van der Waals surface area (Å²) < 4.78 is 47.2. The van der Waals surface area contributed by atoms with Crippen LogP contribution < -0.4 is 9.64 Å². The summed E-state index contributed by atoms with van der Waals surface area (Å²) in [5.41, 5.74) is 1.59. The Bertz CT molecular complexity index is 877. The van der Waals surface area contributed by atoms with Crippen LogP contribution in [0.5, 0.6) is 5.75 Å². The van der Waals surface area contributed by atoms with Gasteiger partial charge in [0, 0.05) is 25.3 Å². The van der Waals surface area contributed by atoms with Crippen LogP contribution in [0.15, 0.2) is 55.1 Å². The Morgan fingerprint density at radius 2 is 1.87 bits per heavy atom. The highest BCUT2D eigenvalue weighted by molar-refractivity contribution is 5.59. The molecule has 0 N–H and O–H groups in total. The number of methoxy groups -OCH3 is 1. The molecule has 168 valence electrons. The van der Waals surface area contributed by atoms with E-state index in [9.17, 15) is 13.2 Å². The highest BCUT2D eigenvalue weighted by Crippen LogP contribution is 2.44. The molecule has 0 amide bonds. The van der Waals surface area contributed by atoms with Crippen molar-refractivity contribution in [1.29, 1.82) is 0 Å². The van der Waals surface area contributed by atoms with Crippen molar-refractivity contribution >= 4 is 5.69 Å². The summed E-state index contributed by atoms with van der Waals surface area (Å²) in [6, 6.07) is 12.3. The molecule has 0 saturated heterocycles. The number of anilines is 1. The van der Waals surface area contributed by atoms with Crippen LogP contribution >= 0.6 is 0 Å². The van der Waals surface area contributed by atoms with Crippen LogP contribution in [0, 0.1) is 5.92 Å². The number of ether oxygens (including phenoxy) is 1. The third-order valence-corrected chi connectivity index (χ3v) is 6.08. The van der Waals surface area contributed by atoms with Crippen molar-refractivity contribution in [2.75, 3.05) is 45.7 Å². The Hall–Kier alpha value is -2.47. The van der Waals surface area contributed by atoms with Gasteiger partial charge in [-0.25, -0.2) is 0 Å². The Kier molecular flexibility index (Phi) is 7.31. The average Bonchev–Trinajstić information content (AvgIpc) is 2.88. The number of nitrogens with zero attached hydrogens (tertiary/aromatic N) is 2. The summed E-state index contributed by atoms with van der Waals surface area (Å²) in [5, 5.41) is 0. The molecule has 3 rings (SSSR count). The lowest BCUT2D eigenvalue weighted by Crippen LogP contribution is -2.36. The number of allylic oxidation sites excluding steroid dienone is 1. The van der Waals surface area contributed by atoms with E-state index in [0.29, 0.717) is 30.8 Å². The summed E-state index contributed by atoms with van der Waals surface area (Å²) in [7, 11) is 5.56. The minimum Gasteiger partial charge on any atom is -0.497 e. The van der Waals surface area contributed by atoms with Crippen LogP contribution in [-0.2, 0) is 12.6 Å². The van der Waals surface area contributed by atoms with E-state index >= 15 is 0 Å². The molecule has 2 aromatic rings. The summed E-state index contributed by atoms with van der Waals surface area (Å²) in [5.74, 6) is 0.846. The molecule has 6 heteroatoms. The monoisotopic (exact) mass is 432 g/mol. The third kappa shape index (κ3) is 5.42. The number of halogens is 3. The van der Waals surface area contributed by atoms with Gasteiger partial charge in [-0.2, -0.15) is 13.2 Å². The number of fused-ring (bicyclic) bond motifs is 1. The van der Waals surface area contributed by atoms with E-state index < -0.39 is 11.7 Å². The van der Waals surface area contributed by atoms with Gasteiger partial charge in [0.2, 0.25) is 0 Å². The van der Waals surface area contributed by atoms with E-state index in [0.717, 1.165) is 24.3 Å². The van der Waals surface area contributed by atoms with Crippen LogP contribution in [-0.4, -0.2) is 45.7 Å². The fraction of sp³-hybridized carbons (Fsp3) is 0.440. The van der Waals surface area contributed by atoms with E-state index in [1.807, 2.05) is 50.5 Å². The highest BCUT2D eigenvalue weighted by atomic mass is 19.4. The number of rotatable bonds is 7. The summed E-state index contributed by atoms with van der Waals surface area (Å²) in [6.07, 6.45) is -1.42. The van der Waals surface area contributed by atoms with E-state index in [2.05, 4.69) is 16.4 Å². The lowest BCUT2D eigenvalue weighted by Gasteiger charge is -2.31. The highest BCUT2D eigenvalue weighted by Gasteiger charge is 2.38. The predicted octanol–water partition coefficient (Wildman–Crippen LogP) is 5.61. The molecule has 0 saturated carbocycles. The zero-order valence-corrected chi connectivity index (χ0v) is 18.5. The van der Waals surface area contributed by atoms with Crippen molar-refractivity contribution in [1.82, 2.24) is 4.90 Å². The summed E-state index contributed by atoms with van der Waals surface area (Å²) >= 11 is 0. The maximum atomic E-state index is 14.0. The van der Waals surface area contributed by atoms with Gasteiger partial charge >= 0.3 is 6.18 Å². The lowest BCUT2D eigenvalue weighted by atomic mass is 9.80. The van der Waals surface area contributed by atoms with Crippen LogP contribution in [0.25, 0.3) is 0 Å². The van der Waals surface area contributed by atoms with Gasteiger partial charge in [-0.1, -0.05) is 24.3 Å². The first-order valence-corrected chi connectivity index (χ1v) is 10.6.